The number of anilines is 1. The first-order valence-corrected chi connectivity index (χ1v) is 9.72. The van der Waals surface area contributed by atoms with Gasteiger partial charge in [0.2, 0.25) is 0 Å². The first kappa shape index (κ1) is 19.7. The second kappa shape index (κ2) is 9.75. The van der Waals surface area contributed by atoms with Crippen LogP contribution in [0.25, 0.3) is 0 Å². The maximum absolute atomic E-state index is 11.9. The Morgan fingerprint density at radius 2 is 2.00 bits per heavy atom. The van der Waals surface area contributed by atoms with Crippen LogP contribution in [-0.4, -0.2) is 32.4 Å². The molecule has 0 bridgehead atoms. The summed E-state index contributed by atoms with van der Waals surface area (Å²) in [6, 6.07) is 9.28. The van der Waals surface area contributed by atoms with Crippen molar-refractivity contribution < 1.29 is 14.1 Å². The SMILES string of the molecule is Cc1ccc(NC(=O)NCCSCc2ccc(C[NH+](C)C)o2)cc1Cl. The molecule has 2 rings (SSSR count). The van der Waals surface area contributed by atoms with Crippen LogP contribution in [0.5, 0.6) is 0 Å². The number of nitrogens with one attached hydrogen (secondary N) is 3. The zero-order chi connectivity index (χ0) is 18.2. The van der Waals surface area contributed by atoms with E-state index in [1.54, 1.807) is 17.8 Å². The highest BCUT2D eigenvalue weighted by atomic mass is 35.5. The average Bonchev–Trinajstić information content (AvgIpc) is 2.97. The van der Waals surface area contributed by atoms with Gasteiger partial charge in [-0.3, -0.25) is 0 Å². The number of benzene rings is 1. The number of halogens is 1. The average molecular weight is 383 g/mol. The fourth-order valence-corrected chi connectivity index (χ4v) is 3.13. The van der Waals surface area contributed by atoms with E-state index in [0.29, 0.717) is 17.3 Å². The Morgan fingerprint density at radius 3 is 2.72 bits per heavy atom. The number of hydrogen-bond donors (Lipinski definition) is 3. The Hall–Kier alpha value is -1.63. The molecule has 0 atom stereocenters. The van der Waals surface area contributed by atoms with Gasteiger partial charge in [0.15, 0.2) is 5.76 Å². The molecule has 0 spiro atoms. The number of amides is 2. The molecule has 0 aliphatic heterocycles. The lowest BCUT2D eigenvalue weighted by Gasteiger charge is -2.08. The minimum absolute atomic E-state index is 0.227. The number of hydrogen-bond acceptors (Lipinski definition) is 3. The zero-order valence-corrected chi connectivity index (χ0v) is 16.4. The Balaban J connectivity index is 1.63. The Bertz CT molecular complexity index is 703. The first-order valence-electron chi connectivity index (χ1n) is 8.19. The van der Waals surface area contributed by atoms with Gasteiger partial charge in [0.25, 0.3) is 0 Å². The van der Waals surface area contributed by atoms with E-state index in [1.165, 1.54) is 4.90 Å². The van der Waals surface area contributed by atoms with Crippen molar-refractivity contribution in [2.24, 2.45) is 0 Å². The monoisotopic (exact) mass is 382 g/mol. The second-order valence-corrected chi connectivity index (χ2v) is 7.66. The van der Waals surface area contributed by atoms with Crippen LogP contribution in [-0.2, 0) is 12.3 Å². The van der Waals surface area contributed by atoms with Gasteiger partial charge in [-0.1, -0.05) is 17.7 Å². The minimum atomic E-state index is -0.227. The topological polar surface area (TPSA) is 58.7 Å². The summed E-state index contributed by atoms with van der Waals surface area (Å²) in [5, 5.41) is 6.25. The van der Waals surface area contributed by atoms with Crippen LogP contribution < -0.4 is 15.5 Å². The molecule has 136 valence electrons. The van der Waals surface area contributed by atoms with Gasteiger partial charge in [0.1, 0.15) is 12.3 Å². The molecule has 2 amide bonds. The highest BCUT2D eigenvalue weighted by Crippen LogP contribution is 2.19. The number of carbonyl (C=O) groups excluding carboxylic acids is 1. The molecular weight excluding hydrogens is 358 g/mol. The van der Waals surface area contributed by atoms with E-state index in [9.17, 15) is 4.79 Å². The lowest BCUT2D eigenvalue weighted by molar-refractivity contribution is -0.873. The van der Waals surface area contributed by atoms with Crippen molar-refractivity contribution in [3.05, 3.63) is 52.4 Å². The maximum atomic E-state index is 11.9. The van der Waals surface area contributed by atoms with Crippen molar-refractivity contribution in [1.29, 1.82) is 0 Å². The van der Waals surface area contributed by atoms with Crippen LogP contribution >= 0.6 is 23.4 Å². The molecule has 1 heterocycles. The van der Waals surface area contributed by atoms with E-state index in [0.717, 1.165) is 35.1 Å². The Labute approximate surface area is 158 Å². The summed E-state index contributed by atoms with van der Waals surface area (Å²) >= 11 is 7.77. The first-order chi connectivity index (χ1) is 11.9. The van der Waals surface area contributed by atoms with Gasteiger partial charge < -0.3 is 20.0 Å². The Morgan fingerprint density at radius 1 is 1.24 bits per heavy atom. The van der Waals surface area contributed by atoms with Gasteiger partial charge in [0, 0.05) is 23.0 Å². The summed E-state index contributed by atoms with van der Waals surface area (Å²) < 4.78 is 5.77. The summed E-state index contributed by atoms with van der Waals surface area (Å²) in [7, 11) is 4.19. The predicted octanol–water partition coefficient (Wildman–Crippen LogP) is 2.94. The molecule has 0 saturated heterocycles. The summed E-state index contributed by atoms with van der Waals surface area (Å²) in [4.78, 5) is 13.2. The number of quaternary nitrogens is 1. The van der Waals surface area contributed by atoms with Gasteiger partial charge in [0.05, 0.1) is 19.8 Å². The highest BCUT2D eigenvalue weighted by molar-refractivity contribution is 7.98. The Kier molecular flexibility index (Phi) is 7.68. The molecule has 1 aromatic heterocycles. The molecule has 0 aliphatic carbocycles. The number of rotatable bonds is 8. The summed E-state index contributed by atoms with van der Waals surface area (Å²) in [6.07, 6.45) is 0. The van der Waals surface area contributed by atoms with Crippen LogP contribution in [0.3, 0.4) is 0 Å². The molecule has 0 fully saturated rings. The maximum Gasteiger partial charge on any atom is 0.319 e. The van der Waals surface area contributed by atoms with Crippen molar-refractivity contribution in [2.45, 2.75) is 19.2 Å². The van der Waals surface area contributed by atoms with Gasteiger partial charge in [-0.25, -0.2) is 4.79 Å². The van der Waals surface area contributed by atoms with E-state index in [-0.39, 0.29) is 6.03 Å². The van der Waals surface area contributed by atoms with Crippen LogP contribution in [0.1, 0.15) is 17.1 Å². The van der Waals surface area contributed by atoms with Gasteiger partial charge in [-0.2, -0.15) is 11.8 Å². The largest absolute Gasteiger partial charge is 0.459 e. The molecule has 0 unspecified atom stereocenters. The molecule has 3 N–H and O–H groups in total. The van der Waals surface area contributed by atoms with Crippen molar-refractivity contribution in [2.75, 3.05) is 31.7 Å². The van der Waals surface area contributed by atoms with Crippen molar-refractivity contribution in [3.8, 4) is 0 Å². The van der Waals surface area contributed by atoms with E-state index in [2.05, 4.69) is 24.7 Å². The van der Waals surface area contributed by atoms with Gasteiger partial charge in [-0.15, -0.1) is 0 Å². The second-order valence-electron chi connectivity index (χ2n) is 6.15. The summed E-state index contributed by atoms with van der Waals surface area (Å²) in [5.74, 6) is 3.60. The molecule has 7 heteroatoms. The highest BCUT2D eigenvalue weighted by Gasteiger charge is 2.06. The molecule has 25 heavy (non-hydrogen) atoms. The van der Waals surface area contributed by atoms with Crippen LogP contribution in [0.15, 0.2) is 34.7 Å². The third kappa shape index (κ3) is 7.02. The molecule has 2 aromatic rings. The predicted molar refractivity (Wildman–Crippen MR) is 105 cm³/mol. The molecule has 5 nitrogen and oxygen atoms in total. The molecule has 0 saturated carbocycles. The number of aryl methyl sites for hydroxylation is 1. The van der Waals surface area contributed by atoms with Gasteiger partial charge in [-0.05, 0) is 36.8 Å². The van der Waals surface area contributed by atoms with Crippen molar-refractivity contribution >= 4 is 35.1 Å². The number of thioether (sulfide) groups is 1. The van der Waals surface area contributed by atoms with Crippen molar-refractivity contribution in [1.82, 2.24) is 5.32 Å². The third-order valence-electron chi connectivity index (χ3n) is 3.45. The number of carbonyl (C=O) groups is 1. The fraction of sp³-hybridized carbons (Fsp3) is 0.389. The van der Waals surface area contributed by atoms with Crippen LogP contribution in [0.2, 0.25) is 5.02 Å². The lowest BCUT2D eigenvalue weighted by Crippen LogP contribution is -3.04. The molecule has 0 radical (unpaired) electrons. The van der Waals surface area contributed by atoms with E-state index >= 15 is 0 Å². The van der Waals surface area contributed by atoms with E-state index in [4.69, 9.17) is 16.0 Å². The molecular formula is C18H25ClN3O2S+. The number of urea groups is 1. The minimum Gasteiger partial charge on any atom is -0.459 e. The quantitative estimate of drug-likeness (QED) is 0.615. The zero-order valence-electron chi connectivity index (χ0n) is 14.8. The fourth-order valence-electron chi connectivity index (χ4n) is 2.20. The van der Waals surface area contributed by atoms with E-state index in [1.807, 2.05) is 31.2 Å². The molecule has 1 aromatic carbocycles. The van der Waals surface area contributed by atoms with Gasteiger partial charge >= 0.3 is 6.03 Å². The van der Waals surface area contributed by atoms with Crippen molar-refractivity contribution in [3.63, 3.8) is 0 Å². The molecule has 0 aliphatic rings. The van der Waals surface area contributed by atoms with Crippen LogP contribution in [0.4, 0.5) is 10.5 Å². The third-order valence-corrected chi connectivity index (χ3v) is 4.84. The normalized spacial score (nSPS) is 10.9. The standard InChI is InChI=1S/C18H24ClN3O2S/c1-13-4-5-14(10-17(13)19)21-18(23)20-8-9-25-12-16-7-6-15(24-16)11-22(2)3/h4-7,10H,8-9,11-12H2,1-3H3,(H2,20,21,23)/p+1. The number of furan rings is 1. The summed E-state index contributed by atoms with van der Waals surface area (Å²) in [6.45, 7) is 3.40. The van der Waals surface area contributed by atoms with E-state index < -0.39 is 0 Å². The lowest BCUT2D eigenvalue weighted by atomic mass is 10.2. The van der Waals surface area contributed by atoms with Crippen LogP contribution in [0, 0.1) is 6.92 Å². The summed E-state index contributed by atoms with van der Waals surface area (Å²) in [5.41, 5.74) is 1.67. The smallest absolute Gasteiger partial charge is 0.319 e.